The van der Waals surface area contributed by atoms with E-state index in [9.17, 15) is 4.57 Å². The van der Waals surface area contributed by atoms with E-state index in [-0.39, 0.29) is 47.8 Å². The summed E-state index contributed by atoms with van der Waals surface area (Å²) in [4.78, 5) is 17.7. The molecule has 0 aliphatic carbocycles. The number of phosphoric acid groups is 1. The molecule has 0 spiro atoms. The molecule has 2 atom stereocenters. The number of hydrogen-bond donors (Lipinski definition) is 2. The molecular formula is C8H17Br3NaO4P. The molecule has 2 N–H and O–H groups in total. The number of hydrogen-bond acceptors (Lipinski definition) is 2. The molecule has 0 amide bonds. The van der Waals surface area contributed by atoms with Crippen LogP contribution in [0.15, 0.2) is 0 Å². The number of halogens is 3. The molecule has 0 fully saturated rings. The zero-order valence-corrected chi connectivity index (χ0v) is 17.7. The van der Waals surface area contributed by atoms with Crippen LogP contribution in [-0.2, 0) is 9.09 Å². The summed E-state index contributed by atoms with van der Waals surface area (Å²) < 4.78 is 15.2. The molecule has 0 saturated carbocycles. The van der Waals surface area contributed by atoms with E-state index in [0.717, 1.165) is 11.8 Å². The van der Waals surface area contributed by atoms with Gasteiger partial charge in [0.25, 0.3) is 0 Å². The molecule has 0 aromatic heterocycles. The van der Waals surface area contributed by atoms with Crippen LogP contribution in [0.5, 0.6) is 0 Å². The molecule has 4 nitrogen and oxygen atoms in total. The van der Waals surface area contributed by atoms with Gasteiger partial charge in [0, 0.05) is 20.4 Å². The molecule has 0 saturated heterocycles. The molecule has 9 heteroatoms. The molecule has 0 aliphatic heterocycles. The Morgan fingerprint density at radius 3 is 2.24 bits per heavy atom. The summed E-state index contributed by atoms with van der Waals surface area (Å²) in [5.74, 6) is 0. The molecule has 0 bridgehead atoms. The average molecular weight is 471 g/mol. The molecule has 0 aromatic rings. The molecule has 0 aromatic carbocycles. The third-order valence-corrected chi connectivity index (χ3v) is 6.51. The predicted octanol–water partition coefficient (Wildman–Crippen LogP) is 0.550. The standard InChI is InChI=1S/C8H16Br3O4P.Na.H/c1-8(2,5-15-16(12,13)14)7(11)3-6(10)4-9;;/h6-7H,3-5H2,1-2H3,(H2,12,13,14);;/q;+1;-1. The van der Waals surface area contributed by atoms with Crippen LogP contribution < -0.4 is 29.6 Å². The second-order valence-corrected chi connectivity index (χ2v) is 8.49. The Morgan fingerprint density at radius 1 is 1.41 bits per heavy atom. The van der Waals surface area contributed by atoms with Crippen LogP contribution in [0.25, 0.3) is 0 Å². The summed E-state index contributed by atoms with van der Waals surface area (Å²) >= 11 is 10.4. The quantitative estimate of drug-likeness (QED) is 0.324. The van der Waals surface area contributed by atoms with E-state index < -0.39 is 7.82 Å². The largest absolute Gasteiger partial charge is 1.00 e. The first-order chi connectivity index (χ1) is 7.08. The second kappa shape index (κ2) is 9.48. The monoisotopic (exact) mass is 468 g/mol. The van der Waals surface area contributed by atoms with E-state index >= 15 is 0 Å². The van der Waals surface area contributed by atoms with Crippen molar-refractivity contribution in [3.05, 3.63) is 0 Å². The molecule has 100 valence electrons. The number of phosphoric ester groups is 1. The third-order valence-electron chi connectivity index (χ3n) is 2.08. The number of alkyl halides is 3. The van der Waals surface area contributed by atoms with Gasteiger partial charge in [0.15, 0.2) is 0 Å². The zero-order valence-electron chi connectivity index (χ0n) is 11.1. The third kappa shape index (κ3) is 10.9. The van der Waals surface area contributed by atoms with Gasteiger partial charge in [0.2, 0.25) is 0 Å². The summed E-state index contributed by atoms with van der Waals surface area (Å²) in [6.07, 6.45) is 0.836. The maximum Gasteiger partial charge on any atom is 1.00 e. The van der Waals surface area contributed by atoms with Crippen molar-refractivity contribution in [2.75, 3.05) is 11.9 Å². The zero-order chi connectivity index (χ0) is 13.0. The van der Waals surface area contributed by atoms with Crippen molar-refractivity contribution in [2.45, 2.75) is 29.9 Å². The number of rotatable bonds is 7. The Bertz CT molecular complexity index is 267. The molecular weight excluding hydrogens is 454 g/mol. The fourth-order valence-corrected chi connectivity index (χ4v) is 3.17. The molecule has 17 heavy (non-hydrogen) atoms. The van der Waals surface area contributed by atoms with Gasteiger partial charge >= 0.3 is 37.4 Å². The van der Waals surface area contributed by atoms with Crippen LogP contribution in [0, 0.1) is 5.41 Å². The first kappa shape index (κ1) is 21.8. The smallest absolute Gasteiger partial charge is 1.00 e. The summed E-state index contributed by atoms with van der Waals surface area (Å²) in [6, 6.07) is 0. The summed E-state index contributed by atoms with van der Waals surface area (Å²) in [6.45, 7) is 3.81. The Labute approximate surface area is 151 Å². The van der Waals surface area contributed by atoms with Crippen LogP contribution in [0.1, 0.15) is 21.7 Å². The minimum atomic E-state index is -4.38. The van der Waals surface area contributed by atoms with Gasteiger partial charge in [-0.25, -0.2) is 4.57 Å². The Balaban J connectivity index is -0.00000112. The molecule has 0 aliphatic rings. The maximum atomic E-state index is 10.6. The van der Waals surface area contributed by atoms with Crippen molar-refractivity contribution in [3.8, 4) is 0 Å². The van der Waals surface area contributed by atoms with E-state index in [1.54, 1.807) is 0 Å². The van der Waals surface area contributed by atoms with E-state index in [4.69, 9.17) is 9.79 Å². The van der Waals surface area contributed by atoms with E-state index in [1.807, 2.05) is 13.8 Å². The first-order valence-corrected chi connectivity index (χ1v) is 9.11. The Kier molecular flexibility index (Phi) is 12.2. The summed E-state index contributed by atoms with van der Waals surface area (Å²) in [5.41, 5.74) is -0.352. The maximum absolute atomic E-state index is 10.6. The van der Waals surface area contributed by atoms with E-state index in [2.05, 4.69) is 52.3 Å². The van der Waals surface area contributed by atoms with Gasteiger partial charge in [0.05, 0.1) is 6.61 Å². The van der Waals surface area contributed by atoms with Crippen LogP contribution in [0.2, 0.25) is 0 Å². The molecule has 0 radical (unpaired) electrons. The van der Waals surface area contributed by atoms with Crippen LogP contribution >= 0.6 is 55.6 Å². The van der Waals surface area contributed by atoms with Crippen molar-refractivity contribution in [3.63, 3.8) is 0 Å². The summed E-state index contributed by atoms with van der Waals surface area (Å²) in [5, 5.41) is 0.824. The van der Waals surface area contributed by atoms with Crippen molar-refractivity contribution in [1.82, 2.24) is 0 Å². The second-order valence-electron chi connectivity index (χ2n) is 4.21. The van der Waals surface area contributed by atoms with Gasteiger partial charge in [-0.15, -0.1) is 0 Å². The van der Waals surface area contributed by atoms with Gasteiger partial charge in [-0.3, -0.25) is 4.52 Å². The van der Waals surface area contributed by atoms with Crippen LogP contribution in [-0.4, -0.2) is 31.4 Å². The molecule has 0 rings (SSSR count). The van der Waals surface area contributed by atoms with Gasteiger partial charge in [-0.1, -0.05) is 61.6 Å². The van der Waals surface area contributed by atoms with Crippen molar-refractivity contribution >= 4 is 55.6 Å². The van der Waals surface area contributed by atoms with E-state index in [0.29, 0.717) is 4.83 Å². The summed E-state index contributed by atoms with van der Waals surface area (Å²) in [7, 11) is -4.38. The molecule has 0 heterocycles. The predicted molar refractivity (Wildman–Crippen MR) is 76.7 cm³/mol. The van der Waals surface area contributed by atoms with Gasteiger partial charge < -0.3 is 11.2 Å². The minimum absolute atomic E-state index is 0. The van der Waals surface area contributed by atoms with Crippen LogP contribution in [0.4, 0.5) is 0 Å². The fourth-order valence-electron chi connectivity index (χ4n) is 0.947. The van der Waals surface area contributed by atoms with Gasteiger partial charge in [-0.2, -0.15) is 0 Å². The normalized spacial score (nSPS) is 16.2. The van der Waals surface area contributed by atoms with Gasteiger partial charge in [0.1, 0.15) is 0 Å². The topological polar surface area (TPSA) is 66.8 Å². The minimum Gasteiger partial charge on any atom is -1.00 e. The first-order valence-electron chi connectivity index (χ1n) is 4.62. The van der Waals surface area contributed by atoms with E-state index in [1.165, 1.54) is 0 Å². The van der Waals surface area contributed by atoms with Crippen molar-refractivity contribution in [1.29, 1.82) is 0 Å². The van der Waals surface area contributed by atoms with Crippen LogP contribution in [0.3, 0.4) is 0 Å². The Hall–Kier alpha value is 2.55. The molecule has 2 unspecified atom stereocenters. The average Bonchev–Trinajstić information content (AvgIpc) is 2.13. The fraction of sp³-hybridized carbons (Fsp3) is 1.00. The Morgan fingerprint density at radius 2 is 1.88 bits per heavy atom. The van der Waals surface area contributed by atoms with Gasteiger partial charge in [-0.05, 0) is 6.42 Å². The SMILES string of the molecule is CC(C)(COP(=O)(O)O)C(Br)CC(Br)CBr.[H-].[Na+]. The van der Waals surface area contributed by atoms with Crippen molar-refractivity contribution in [2.24, 2.45) is 5.41 Å². The van der Waals surface area contributed by atoms with Crippen molar-refractivity contribution < 1.29 is 49.9 Å².